The lowest BCUT2D eigenvalue weighted by Crippen LogP contribution is -2.19. The lowest BCUT2D eigenvalue weighted by Gasteiger charge is -2.11. The van der Waals surface area contributed by atoms with E-state index in [2.05, 4.69) is 15.9 Å². The normalized spacial score (nSPS) is 9.69. The van der Waals surface area contributed by atoms with Crippen LogP contribution in [-0.2, 0) is 0 Å². The SMILES string of the molecule is CC.CN(C)CCOc1cc(Br)ccc1F. The summed E-state index contributed by atoms with van der Waals surface area (Å²) in [6, 6.07) is 4.66. The number of halogens is 2. The van der Waals surface area contributed by atoms with Crippen LogP contribution < -0.4 is 4.74 Å². The molecule has 1 aromatic rings. The number of ether oxygens (including phenoxy) is 1. The summed E-state index contributed by atoms with van der Waals surface area (Å²) in [6.45, 7) is 5.26. The Hall–Kier alpha value is -0.610. The number of benzene rings is 1. The van der Waals surface area contributed by atoms with Gasteiger partial charge in [-0.1, -0.05) is 29.8 Å². The van der Waals surface area contributed by atoms with Gasteiger partial charge in [0.05, 0.1) is 0 Å². The second-order valence-corrected chi connectivity index (χ2v) is 4.14. The molecule has 16 heavy (non-hydrogen) atoms. The van der Waals surface area contributed by atoms with Gasteiger partial charge in [0.25, 0.3) is 0 Å². The molecule has 4 heteroatoms. The van der Waals surface area contributed by atoms with Gasteiger partial charge in [0.15, 0.2) is 11.6 Å². The van der Waals surface area contributed by atoms with Crippen molar-refractivity contribution in [3.8, 4) is 5.75 Å². The molecule has 0 unspecified atom stereocenters. The minimum atomic E-state index is -0.327. The van der Waals surface area contributed by atoms with Crippen LogP contribution in [0.5, 0.6) is 5.75 Å². The van der Waals surface area contributed by atoms with Crippen LogP contribution in [0.3, 0.4) is 0 Å². The number of hydrogen-bond acceptors (Lipinski definition) is 2. The molecule has 0 radical (unpaired) electrons. The molecule has 1 rings (SSSR count). The van der Waals surface area contributed by atoms with E-state index in [-0.39, 0.29) is 5.82 Å². The first-order valence-electron chi connectivity index (χ1n) is 5.32. The van der Waals surface area contributed by atoms with Gasteiger partial charge < -0.3 is 9.64 Å². The van der Waals surface area contributed by atoms with Crippen molar-refractivity contribution < 1.29 is 9.13 Å². The maximum Gasteiger partial charge on any atom is 0.165 e. The molecular formula is C12H19BrFNO. The zero-order valence-electron chi connectivity index (χ0n) is 10.3. The summed E-state index contributed by atoms with van der Waals surface area (Å²) in [5.41, 5.74) is 0. The Kier molecular flexibility index (Phi) is 8.21. The average molecular weight is 292 g/mol. The van der Waals surface area contributed by atoms with Gasteiger partial charge in [0.1, 0.15) is 6.61 Å². The molecular weight excluding hydrogens is 273 g/mol. The topological polar surface area (TPSA) is 12.5 Å². The lowest BCUT2D eigenvalue weighted by atomic mass is 10.3. The summed E-state index contributed by atoms with van der Waals surface area (Å²) in [5, 5.41) is 0. The highest BCUT2D eigenvalue weighted by Crippen LogP contribution is 2.21. The van der Waals surface area contributed by atoms with E-state index in [0.29, 0.717) is 12.4 Å². The van der Waals surface area contributed by atoms with Gasteiger partial charge in [-0.2, -0.15) is 0 Å². The number of likely N-dealkylation sites (N-methyl/N-ethyl adjacent to an activating group) is 1. The van der Waals surface area contributed by atoms with Crippen LogP contribution in [0.15, 0.2) is 22.7 Å². The Bertz CT molecular complexity index is 305. The molecule has 0 saturated heterocycles. The molecule has 0 aromatic heterocycles. The van der Waals surface area contributed by atoms with Gasteiger partial charge in [0, 0.05) is 11.0 Å². The Morgan fingerprint density at radius 2 is 1.94 bits per heavy atom. The molecule has 0 N–H and O–H groups in total. The van der Waals surface area contributed by atoms with Gasteiger partial charge in [-0.3, -0.25) is 0 Å². The lowest BCUT2D eigenvalue weighted by molar-refractivity contribution is 0.252. The van der Waals surface area contributed by atoms with E-state index in [1.807, 2.05) is 32.8 Å². The van der Waals surface area contributed by atoms with Crippen LogP contribution >= 0.6 is 15.9 Å². The van der Waals surface area contributed by atoms with Crippen molar-refractivity contribution in [2.75, 3.05) is 27.2 Å². The summed E-state index contributed by atoms with van der Waals surface area (Å²) in [7, 11) is 3.89. The van der Waals surface area contributed by atoms with Crippen molar-refractivity contribution in [2.45, 2.75) is 13.8 Å². The van der Waals surface area contributed by atoms with Crippen LogP contribution in [0.2, 0.25) is 0 Å². The molecule has 0 aliphatic rings. The van der Waals surface area contributed by atoms with Crippen LogP contribution in [0, 0.1) is 5.82 Å². The Labute approximate surface area is 106 Å². The summed E-state index contributed by atoms with van der Waals surface area (Å²) in [4.78, 5) is 1.98. The quantitative estimate of drug-likeness (QED) is 0.841. The Balaban J connectivity index is 0.00000106. The largest absolute Gasteiger partial charge is 0.489 e. The monoisotopic (exact) mass is 291 g/mol. The molecule has 0 spiro atoms. The standard InChI is InChI=1S/C10H13BrFNO.C2H6/c1-13(2)5-6-14-10-7-8(11)3-4-9(10)12;1-2/h3-4,7H,5-6H2,1-2H3;1-2H3. The van der Waals surface area contributed by atoms with Crippen molar-refractivity contribution in [2.24, 2.45) is 0 Å². The fraction of sp³-hybridized carbons (Fsp3) is 0.500. The van der Waals surface area contributed by atoms with Gasteiger partial charge in [-0.05, 0) is 32.3 Å². The second-order valence-electron chi connectivity index (χ2n) is 3.23. The summed E-state index contributed by atoms with van der Waals surface area (Å²) in [5.74, 6) is -0.0341. The molecule has 0 aliphatic heterocycles. The van der Waals surface area contributed by atoms with E-state index in [0.717, 1.165) is 11.0 Å². The molecule has 0 bridgehead atoms. The minimum absolute atomic E-state index is 0.293. The highest BCUT2D eigenvalue weighted by Gasteiger charge is 2.03. The summed E-state index contributed by atoms with van der Waals surface area (Å²) >= 11 is 3.26. The molecule has 2 nitrogen and oxygen atoms in total. The molecule has 0 saturated carbocycles. The smallest absolute Gasteiger partial charge is 0.165 e. The number of rotatable bonds is 4. The predicted octanol–water partition coefficient (Wildman–Crippen LogP) is 3.55. The number of nitrogens with zero attached hydrogens (tertiary/aromatic N) is 1. The molecule has 0 atom stereocenters. The second kappa shape index (κ2) is 8.53. The van der Waals surface area contributed by atoms with Crippen LogP contribution in [0.25, 0.3) is 0 Å². The van der Waals surface area contributed by atoms with Crippen molar-refractivity contribution in [1.82, 2.24) is 4.90 Å². The summed E-state index contributed by atoms with van der Waals surface area (Å²) in [6.07, 6.45) is 0. The minimum Gasteiger partial charge on any atom is -0.489 e. The average Bonchev–Trinajstić information content (AvgIpc) is 2.25. The Morgan fingerprint density at radius 1 is 1.31 bits per heavy atom. The van der Waals surface area contributed by atoms with Crippen molar-refractivity contribution in [1.29, 1.82) is 0 Å². The van der Waals surface area contributed by atoms with E-state index in [4.69, 9.17) is 4.74 Å². The van der Waals surface area contributed by atoms with Crippen molar-refractivity contribution >= 4 is 15.9 Å². The third-order valence-corrected chi connectivity index (χ3v) is 2.18. The van der Waals surface area contributed by atoms with Gasteiger partial charge in [-0.25, -0.2) is 4.39 Å². The van der Waals surface area contributed by atoms with Crippen LogP contribution in [-0.4, -0.2) is 32.1 Å². The number of hydrogen-bond donors (Lipinski definition) is 0. The van der Waals surface area contributed by atoms with E-state index < -0.39 is 0 Å². The fourth-order valence-corrected chi connectivity index (χ4v) is 1.27. The van der Waals surface area contributed by atoms with E-state index in [9.17, 15) is 4.39 Å². The highest BCUT2D eigenvalue weighted by molar-refractivity contribution is 9.10. The Morgan fingerprint density at radius 3 is 2.50 bits per heavy atom. The molecule has 0 fully saturated rings. The van der Waals surface area contributed by atoms with Crippen LogP contribution in [0.1, 0.15) is 13.8 Å². The maximum atomic E-state index is 13.1. The molecule has 0 aliphatic carbocycles. The maximum absolute atomic E-state index is 13.1. The fourth-order valence-electron chi connectivity index (χ4n) is 0.926. The van der Waals surface area contributed by atoms with E-state index in [1.54, 1.807) is 12.1 Å². The van der Waals surface area contributed by atoms with E-state index >= 15 is 0 Å². The molecule has 0 amide bonds. The van der Waals surface area contributed by atoms with Gasteiger partial charge in [-0.15, -0.1) is 0 Å². The zero-order chi connectivity index (χ0) is 12.6. The zero-order valence-corrected chi connectivity index (χ0v) is 11.8. The third kappa shape index (κ3) is 6.08. The summed E-state index contributed by atoms with van der Waals surface area (Å²) < 4.78 is 19.2. The highest BCUT2D eigenvalue weighted by atomic mass is 79.9. The first-order valence-corrected chi connectivity index (χ1v) is 6.11. The van der Waals surface area contributed by atoms with Gasteiger partial charge in [0.2, 0.25) is 0 Å². The molecule has 1 aromatic carbocycles. The van der Waals surface area contributed by atoms with Crippen LogP contribution in [0.4, 0.5) is 4.39 Å². The predicted molar refractivity (Wildman–Crippen MR) is 69.5 cm³/mol. The molecule has 92 valence electrons. The first-order chi connectivity index (χ1) is 7.59. The van der Waals surface area contributed by atoms with Crippen molar-refractivity contribution in [3.63, 3.8) is 0 Å². The van der Waals surface area contributed by atoms with Gasteiger partial charge >= 0.3 is 0 Å². The first kappa shape index (κ1) is 15.4. The third-order valence-electron chi connectivity index (χ3n) is 1.69. The van der Waals surface area contributed by atoms with E-state index in [1.165, 1.54) is 6.07 Å². The van der Waals surface area contributed by atoms with Crippen molar-refractivity contribution in [3.05, 3.63) is 28.5 Å². The molecule has 0 heterocycles.